The molecule has 0 spiro atoms. The van der Waals surface area contributed by atoms with Crippen LogP contribution in [0.3, 0.4) is 0 Å². The molecule has 22 heavy (non-hydrogen) atoms. The Kier molecular flexibility index (Phi) is 3.81. The molecule has 1 aromatic heterocycles. The number of alkyl halides is 1. The second kappa shape index (κ2) is 5.76. The molecule has 1 fully saturated rings. The van der Waals surface area contributed by atoms with Crippen LogP contribution in [0.25, 0.3) is 5.69 Å². The summed E-state index contributed by atoms with van der Waals surface area (Å²) >= 11 is 0. The molecule has 116 valence electrons. The number of hydrogen-bond donors (Lipinski definition) is 2. The summed E-state index contributed by atoms with van der Waals surface area (Å²) < 4.78 is 14.8. The molecule has 0 radical (unpaired) electrons. The van der Waals surface area contributed by atoms with E-state index in [0.29, 0.717) is 11.3 Å². The smallest absolute Gasteiger partial charge is 0.330 e. The first-order valence-electron chi connectivity index (χ1n) is 7.02. The van der Waals surface area contributed by atoms with E-state index in [2.05, 4.69) is 4.98 Å². The Balaban J connectivity index is 1.82. The van der Waals surface area contributed by atoms with Gasteiger partial charge in [0.1, 0.15) is 6.17 Å². The van der Waals surface area contributed by atoms with Crippen molar-refractivity contribution >= 4 is 5.91 Å². The van der Waals surface area contributed by atoms with Crippen LogP contribution < -0.4 is 5.69 Å². The molecule has 2 atom stereocenters. The van der Waals surface area contributed by atoms with Crippen molar-refractivity contribution in [3.05, 3.63) is 52.7 Å². The van der Waals surface area contributed by atoms with Crippen LogP contribution in [-0.4, -0.2) is 50.8 Å². The fourth-order valence-corrected chi connectivity index (χ4v) is 2.74. The number of rotatable bonds is 3. The highest BCUT2D eigenvalue weighted by molar-refractivity contribution is 5.94. The quantitative estimate of drug-likeness (QED) is 0.876. The van der Waals surface area contributed by atoms with Crippen LogP contribution in [0.4, 0.5) is 4.39 Å². The largest absolute Gasteiger partial charge is 0.394 e. The number of aromatic nitrogens is 2. The van der Waals surface area contributed by atoms with Gasteiger partial charge in [-0.3, -0.25) is 9.36 Å². The number of imidazole rings is 1. The molecule has 1 aromatic carbocycles. The zero-order valence-electron chi connectivity index (χ0n) is 11.8. The molecular weight excluding hydrogens is 289 g/mol. The van der Waals surface area contributed by atoms with E-state index in [-0.39, 0.29) is 31.2 Å². The minimum absolute atomic E-state index is 0.00306. The van der Waals surface area contributed by atoms with Crippen molar-refractivity contribution in [1.29, 1.82) is 0 Å². The van der Waals surface area contributed by atoms with Gasteiger partial charge in [-0.25, -0.2) is 9.18 Å². The molecule has 2 aromatic rings. The van der Waals surface area contributed by atoms with Crippen molar-refractivity contribution < 1.29 is 14.3 Å². The summed E-state index contributed by atoms with van der Waals surface area (Å²) in [5, 5.41) is 9.25. The van der Waals surface area contributed by atoms with Crippen LogP contribution in [0.5, 0.6) is 0 Å². The molecule has 1 saturated heterocycles. The monoisotopic (exact) mass is 305 g/mol. The molecule has 2 heterocycles. The van der Waals surface area contributed by atoms with E-state index < -0.39 is 12.2 Å². The van der Waals surface area contributed by atoms with Gasteiger partial charge in [-0.05, 0) is 24.3 Å². The third-order valence-corrected chi connectivity index (χ3v) is 3.88. The van der Waals surface area contributed by atoms with Crippen LogP contribution in [0.2, 0.25) is 0 Å². The summed E-state index contributed by atoms with van der Waals surface area (Å²) in [7, 11) is 0. The Hall–Kier alpha value is -2.41. The van der Waals surface area contributed by atoms with E-state index in [1.807, 2.05) is 0 Å². The number of aromatic amines is 1. The third-order valence-electron chi connectivity index (χ3n) is 3.88. The number of aliphatic hydroxyl groups is 1. The van der Waals surface area contributed by atoms with Gasteiger partial charge in [-0.1, -0.05) is 0 Å². The third kappa shape index (κ3) is 2.55. The Labute approximate surface area is 125 Å². The number of halogens is 1. The number of hydrogen-bond acceptors (Lipinski definition) is 3. The number of carbonyl (C=O) groups is 1. The predicted octanol–water partition coefficient (Wildman–Crippen LogP) is 0.710. The summed E-state index contributed by atoms with van der Waals surface area (Å²) in [5.41, 5.74) is 0.769. The zero-order valence-corrected chi connectivity index (χ0v) is 11.8. The lowest BCUT2D eigenvalue weighted by Gasteiger charge is -2.22. The number of H-pyrrole nitrogens is 1. The fraction of sp³-hybridized carbons (Fsp3) is 0.333. The van der Waals surface area contributed by atoms with E-state index in [1.165, 1.54) is 15.7 Å². The maximum atomic E-state index is 13.4. The Morgan fingerprint density at radius 1 is 1.36 bits per heavy atom. The highest BCUT2D eigenvalue weighted by Crippen LogP contribution is 2.22. The van der Waals surface area contributed by atoms with Crippen molar-refractivity contribution in [3.63, 3.8) is 0 Å². The molecule has 7 heteroatoms. The summed E-state index contributed by atoms with van der Waals surface area (Å²) in [4.78, 5) is 27.8. The van der Waals surface area contributed by atoms with Gasteiger partial charge in [0.2, 0.25) is 0 Å². The van der Waals surface area contributed by atoms with Crippen molar-refractivity contribution in [1.82, 2.24) is 14.5 Å². The molecule has 6 nitrogen and oxygen atoms in total. The summed E-state index contributed by atoms with van der Waals surface area (Å²) in [6.07, 6.45) is 2.19. The van der Waals surface area contributed by atoms with E-state index in [1.54, 1.807) is 30.5 Å². The van der Waals surface area contributed by atoms with E-state index in [4.69, 9.17) is 0 Å². The predicted molar refractivity (Wildman–Crippen MR) is 77.8 cm³/mol. The lowest BCUT2D eigenvalue weighted by atomic mass is 10.1. The van der Waals surface area contributed by atoms with Gasteiger partial charge in [0.15, 0.2) is 0 Å². The van der Waals surface area contributed by atoms with E-state index >= 15 is 0 Å². The minimum Gasteiger partial charge on any atom is -0.394 e. The SMILES string of the molecule is O=C(c1ccc(-n2cc[nH]c2=O)cc1)N1C[C@@H](F)C[C@H]1CO. The van der Waals surface area contributed by atoms with Crippen LogP contribution >= 0.6 is 0 Å². The first-order valence-corrected chi connectivity index (χ1v) is 7.02. The molecule has 1 aliphatic rings. The molecule has 0 unspecified atom stereocenters. The van der Waals surface area contributed by atoms with E-state index in [9.17, 15) is 19.1 Å². The number of nitrogens with one attached hydrogen (secondary N) is 1. The van der Waals surface area contributed by atoms with Gasteiger partial charge in [0.05, 0.1) is 24.9 Å². The average molecular weight is 305 g/mol. The Bertz CT molecular complexity index is 722. The second-order valence-corrected chi connectivity index (χ2v) is 5.31. The number of aliphatic hydroxyl groups excluding tert-OH is 1. The molecule has 0 bridgehead atoms. The highest BCUT2D eigenvalue weighted by atomic mass is 19.1. The maximum absolute atomic E-state index is 13.4. The Morgan fingerprint density at radius 2 is 2.09 bits per heavy atom. The first kappa shape index (κ1) is 14.5. The molecule has 1 amide bonds. The number of nitrogens with zero attached hydrogens (tertiary/aromatic N) is 2. The topological polar surface area (TPSA) is 78.3 Å². The molecular formula is C15H16FN3O3. The molecule has 2 N–H and O–H groups in total. The van der Waals surface area contributed by atoms with Crippen molar-refractivity contribution in [2.75, 3.05) is 13.2 Å². The van der Waals surface area contributed by atoms with Gasteiger partial charge in [-0.2, -0.15) is 0 Å². The van der Waals surface area contributed by atoms with Crippen LogP contribution in [0.1, 0.15) is 16.8 Å². The van der Waals surface area contributed by atoms with Gasteiger partial charge >= 0.3 is 5.69 Å². The highest BCUT2D eigenvalue weighted by Gasteiger charge is 2.35. The van der Waals surface area contributed by atoms with Crippen molar-refractivity contribution in [2.24, 2.45) is 0 Å². The van der Waals surface area contributed by atoms with Crippen LogP contribution in [0, 0.1) is 0 Å². The summed E-state index contributed by atoms with van der Waals surface area (Å²) in [6, 6.07) is 6.02. The zero-order chi connectivity index (χ0) is 15.7. The maximum Gasteiger partial charge on any atom is 0.330 e. The molecule has 0 saturated carbocycles. The number of likely N-dealkylation sites (tertiary alicyclic amines) is 1. The van der Waals surface area contributed by atoms with Crippen LogP contribution in [0.15, 0.2) is 41.5 Å². The summed E-state index contributed by atoms with van der Waals surface area (Å²) in [5.74, 6) is -0.313. The molecule has 0 aliphatic carbocycles. The Morgan fingerprint density at radius 3 is 2.68 bits per heavy atom. The average Bonchev–Trinajstić information content (AvgIpc) is 3.12. The number of benzene rings is 1. The molecule has 3 rings (SSSR count). The van der Waals surface area contributed by atoms with E-state index in [0.717, 1.165) is 0 Å². The lowest BCUT2D eigenvalue weighted by Crippen LogP contribution is -2.37. The summed E-state index contributed by atoms with van der Waals surface area (Å²) in [6.45, 7) is -0.244. The van der Waals surface area contributed by atoms with Gasteiger partial charge < -0.3 is 15.0 Å². The number of amides is 1. The number of carbonyl (C=O) groups excluding carboxylic acids is 1. The molecule has 1 aliphatic heterocycles. The van der Waals surface area contributed by atoms with Crippen molar-refractivity contribution in [2.45, 2.75) is 18.6 Å². The minimum atomic E-state index is -1.10. The normalized spacial score (nSPS) is 21.3. The first-order chi connectivity index (χ1) is 10.6. The van der Waals surface area contributed by atoms with Crippen LogP contribution in [-0.2, 0) is 0 Å². The standard InChI is InChI=1S/C15H16FN3O3/c16-11-7-13(9-20)19(8-11)14(21)10-1-3-12(4-2-10)18-6-5-17-15(18)22/h1-6,11,13,20H,7-9H2,(H,17,22)/t11-,13-/m0/s1. The van der Waals surface area contributed by atoms with Crippen molar-refractivity contribution in [3.8, 4) is 5.69 Å². The second-order valence-electron chi connectivity index (χ2n) is 5.31. The fourth-order valence-electron chi connectivity index (χ4n) is 2.74. The van der Waals surface area contributed by atoms with Gasteiger partial charge in [0.25, 0.3) is 5.91 Å². The van der Waals surface area contributed by atoms with Gasteiger partial charge in [0, 0.05) is 24.4 Å². The lowest BCUT2D eigenvalue weighted by molar-refractivity contribution is 0.0673. The van der Waals surface area contributed by atoms with Gasteiger partial charge in [-0.15, -0.1) is 0 Å².